The average molecular weight is 178 g/mol. The van der Waals surface area contributed by atoms with Gasteiger partial charge in [-0.25, -0.2) is 0 Å². The number of rotatable bonds is 6. The molecule has 0 spiro atoms. The van der Waals surface area contributed by atoms with Crippen molar-refractivity contribution in [2.45, 2.75) is 51.6 Å². The van der Waals surface area contributed by atoms with E-state index in [1.807, 2.05) is 0 Å². The van der Waals surface area contributed by atoms with Crippen molar-refractivity contribution in [3.05, 3.63) is 0 Å². The Bertz CT molecular complexity index is 175. The van der Waals surface area contributed by atoms with Gasteiger partial charge >= 0.3 is 0 Å². The highest BCUT2D eigenvalue weighted by Gasteiger charge is 2.10. The molecule has 0 fully saturated rings. The Morgan fingerprint density at radius 3 is 2.15 bits per heavy atom. The molecule has 0 aliphatic heterocycles. The van der Waals surface area contributed by atoms with Gasteiger partial charge in [-0.15, -0.1) is 12.3 Å². The number of nitrogens with zero attached hydrogens (tertiary/aromatic N) is 1. The zero-order valence-corrected chi connectivity index (χ0v) is 8.51. The molecule has 2 heteroatoms. The second-order valence-electron chi connectivity index (χ2n) is 3.15. The minimum atomic E-state index is 0.295. The van der Waals surface area contributed by atoms with Crippen molar-refractivity contribution in [1.29, 1.82) is 5.26 Å². The number of hydrogen-bond acceptors (Lipinski definition) is 2. The van der Waals surface area contributed by atoms with Gasteiger partial charge < -0.3 is 5.32 Å². The first-order chi connectivity index (χ1) is 6.28. The Morgan fingerprint density at radius 1 is 1.23 bits per heavy atom. The molecule has 0 aromatic rings. The van der Waals surface area contributed by atoms with E-state index in [-0.39, 0.29) is 0 Å². The topological polar surface area (TPSA) is 35.8 Å². The SMILES string of the molecule is C#CCC(CC)NC(CC)CC#N. The first-order valence-corrected chi connectivity index (χ1v) is 4.84. The Kier molecular flexibility index (Phi) is 7.07. The van der Waals surface area contributed by atoms with Crippen LogP contribution in [0.5, 0.6) is 0 Å². The summed E-state index contributed by atoms with van der Waals surface area (Å²) in [5.41, 5.74) is 0. The monoisotopic (exact) mass is 178 g/mol. The van der Waals surface area contributed by atoms with E-state index in [0.29, 0.717) is 18.5 Å². The summed E-state index contributed by atoms with van der Waals surface area (Å²) in [6, 6.07) is 2.84. The molecule has 72 valence electrons. The number of nitriles is 1. The lowest BCUT2D eigenvalue weighted by Gasteiger charge is -2.20. The van der Waals surface area contributed by atoms with Gasteiger partial charge in [0.25, 0.3) is 0 Å². The lowest BCUT2D eigenvalue weighted by atomic mass is 10.1. The van der Waals surface area contributed by atoms with Gasteiger partial charge in [0, 0.05) is 18.5 Å². The molecule has 0 saturated heterocycles. The van der Waals surface area contributed by atoms with Gasteiger partial charge in [0.1, 0.15) is 0 Å². The lowest BCUT2D eigenvalue weighted by Crippen LogP contribution is -2.37. The third-order valence-electron chi connectivity index (χ3n) is 2.16. The predicted octanol–water partition coefficient (Wildman–Crippen LogP) is 2.07. The molecular formula is C11H18N2. The van der Waals surface area contributed by atoms with Crippen LogP contribution in [0.4, 0.5) is 0 Å². The van der Waals surface area contributed by atoms with Gasteiger partial charge in [0.05, 0.1) is 12.5 Å². The van der Waals surface area contributed by atoms with Crippen LogP contribution < -0.4 is 5.32 Å². The van der Waals surface area contributed by atoms with E-state index in [0.717, 1.165) is 19.3 Å². The highest BCUT2D eigenvalue weighted by molar-refractivity contribution is 4.91. The summed E-state index contributed by atoms with van der Waals surface area (Å²) < 4.78 is 0. The number of hydrogen-bond donors (Lipinski definition) is 1. The second-order valence-corrected chi connectivity index (χ2v) is 3.15. The minimum Gasteiger partial charge on any atom is -0.309 e. The van der Waals surface area contributed by atoms with Crippen LogP contribution in [0.3, 0.4) is 0 Å². The molecule has 0 rings (SSSR count). The summed E-state index contributed by atoms with van der Waals surface area (Å²) >= 11 is 0. The maximum atomic E-state index is 8.55. The Labute approximate surface area is 81.3 Å². The van der Waals surface area contributed by atoms with Crippen molar-refractivity contribution in [3.63, 3.8) is 0 Å². The zero-order valence-electron chi connectivity index (χ0n) is 8.51. The van der Waals surface area contributed by atoms with E-state index in [4.69, 9.17) is 11.7 Å². The average Bonchev–Trinajstić information content (AvgIpc) is 2.16. The van der Waals surface area contributed by atoms with Crippen LogP contribution in [-0.4, -0.2) is 12.1 Å². The van der Waals surface area contributed by atoms with Crippen molar-refractivity contribution < 1.29 is 0 Å². The molecule has 0 radical (unpaired) electrons. The molecule has 1 N–H and O–H groups in total. The molecule has 0 heterocycles. The molecule has 0 aliphatic carbocycles. The van der Waals surface area contributed by atoms with Crippen molar-refractivity contribution in [3.8, 4) is 18.4 Å². The molecule has 0 aromatic heterocycles. The Morgan fingerprint density at radius 2 is 1.77 bits per heavy atom. The highest BCUT2D eigenvalue weighted by Crippen LogP contribution is 2.03. The van der Waals surface area contributed by atoms with Crippen LogP contribution >= 0.6 is 0 Å². The Hall–Kier alpha value is -0.990. The fourth-order valence-corrected chi connectivity index (χ4v) is 1.23. The molecule has 0 aliphatic rings. The van der Waals surface area contributed by atoms with Crippen LogP contribution in [0.2, 0.25) is 0 Å². The third kappa shape index (κ3) is 5.28. The molecule has 2 unspecified atom stereocenters. The first kappa shape index (κ1) is 12.0. The van der Waals surface area contributed by atoms with Gasteiger partial charge in [0.15, 0.2) is 0 Å². The minimum absolute atomic E-state index is 0.295. The van der Waals surface area contributed by atoms with E-state index in [1.54, 1.807) is 0 Å². The molecule has 13 heavy (non-hydrogen) atoms. The first-order valence-electron chi connectivity index (χ1n) is 4.84. The summed E-state index contributed by atoms with van der Waals surface area (Å²) in [6.07, 6.45) is 8.56. The number of nitrogens with one attached hydrogen (secondary N) is 1. The number of terminal acetylenes is 1. The van der Waals surface area contributed by atoms with Crippen LogP contribution in [0.15, 0.2) is 0 Å². The van der Waals surface area contributed by atoms with Gasteiger partial charge in [-0.05, 0) is 12.8 Å². The summed E-state index contributed by atoms with van der Waals surface area (Å²) in [5, 5.41) is 11.9. The fourth-order valence-electron chi connectivity index (χ4n) is 1.23. The third-order valence-corrected chi connectivity index (χ3v) is 2.16. The van der Waals surface area contributed by atoms with E-state index < -0.39 is 0 Å². The van der Waals surface area contributed by atoms with Gasteiger partial charge in [-0.1, -0.05) is 13.8 Å². The van der Waals surface area contributed by atoms with Crippen LogP contribution in [0.25, 0.3) is 0 Å². The largest absolute Gasteiger partial charge is 0.309 e. The molecule has 0 bridgehead atoms. The molecule has 0 aromatic carbocycles. The standard InChI is InChI=1S/C11H18N2/c1-4-7-10(5-2)13-11(6-3)8-9-12/h1,10-11,13H,5-8H2,2-3H3. The predicted molar refractivity (Wildman–Crippen MR) is 55.0 cm³/mol. The maximum Gasteiger partial charge on any atom is 0.0638 e. The van der Waals surface area contributed by atoms with Crippen molar-refractivity contribution in [2.75, 3.05) is 0 Å². The van der Waals surface area contributed by atoms with Crippen molar-refractivity contribution in [2.24, 2.45) is 0 Å². The van der Waals surface area contributed by atoms with Gasteiger partial charge in [-0.2, -0.15) is 5.26 Å². The summed E-state index contributed by atoms with van der Waals surface area (Å²) in [6.45, 7) is 4.19. The zero-order chi connectivity index (χ0) is 10.1. The molecule has 0 amide bonds. The quantitative estimate of drug-likeness (QED) is 0.632. The van der Waals surface area contributed by atoms with Crippen LogP contribution in [0, 0.1) is 23.7 Å². The molecular weight excluding hydrogens is 160 g/mol. The van der Waals surface area contributed by atoms with Crippen molar-refractivity contribution in [1.82, 2.24) is 5.32 Å². The van der Waals surface area contributed by atoms with Gasteiger partial charge in [-0.3, -0.25) is 0 Å². The van der Waals surface area contributed by atoms with Crippen LogP contribution in [-0.2, 0) is 0 Å². The lowest BCUT2D eigenvalue weighted by molar-refractivity contribution is 0.415. The smallest absolute Gasteiger partial charge is 0.0638 e. The van der Waals surface area contributed by atoms with Crippen molar-refractivity contribution >= 4 is 0 Å². The van der Waals surface area contributed by atoms with E-state index in [1.165, 1.54) is 0 Å². The maximum absolute atomic E-state index is 8.55. The Balaban J connectivity index is 3.90. The van der Waals surface area contributed by atoms with E-state index in [2.05, 4.69) is 31.2 Å². The fraction of sp³-hybridized carbons (Fsp3) is 0.727. The van der Waals surface area contributed by atoms with E-state index in [9.17, 15) is 0 Å². The molecule has 0 saturated carbocycles. The molecule has 2 atom stereocenters. The normalized spacial score (nSPS) is 14.2. The van der Waals surface area contributed by atoms with Crippen LogP contribution in [0.1, 0.15) is 39.5 Å². The molecule has 2 nitrogen and oxygen atoms in total. The summed E-state index contributed by atoms with van der Waals surface area (Å²) in [4.78, 5) is 0. The van der Waals surface area contributed by atoms with Gasteiger partial charge in [0.2, 0.25) is 0 Å². The summed E-state index contributed by atoms with van der Waals surface area (Å²) in [5.74, 6) is 2.64. The second kappa shape index (κ2) is 7.65. The highest BCUT2D eigenvalue weighted by atomic mass is 14.9. The summed E-state index contributed by atoms with van der Waals surface area (Å²) in [7, 11) is 0. The van der Waals surface area contributed by atoms with E-state index >= 15 is 0 Å².